The number of carboxylic acid groups (broad SMARTS) is 1. The summed E-state index contributed by atoms with van der Waals surface area (Å²) >= 11 is 0.281. The molecule has 0 aliphatic heterocycles. The third-order valence-corrected chi connectivity index (χ3v) is 8.27. The molecule has 0 spiro atoms. The molecule has 0 unspecified atom stereocenters. The highest BCUT2D eigenvalue weighted by Gasteiger charge is 2.25. The molecule has 1 amide bonds. The van der Waals surface area contributed by atoms with Crippen LogP contribution >= 0.6 is 12.0 Å². The quantitative estimate of drug-likeness (QED) is 0.0325. The molecular weight excluding hydrogens is 690 g/mol. The Kier molecular flexibility index (Phi) is 10.2. The number of phenols is 2. The molecule has 4 aromatic carbocycles. The smallest absolute Gasteiger partial charge is 0.338 e. The molecule has 246 valence electrons. The first-order valence-corrected chi connectivity index (χ1v) is 15.9. The number of phenolic OH excluding ortho intramolecular Hbond substituents is 2. The molecule has 4 aromatic rings. The molecule has 22 heteroatoms. The summed E-state index contributed by atoms with van der Waals surface area (Å²) in [6.07, 6.45) is 0. The Hall–Kier alpha value is -5.07. The molecule has 0 fully saturated rings. The van der Waals surface area contributed by atoms with Crippen LogP contribution in [0.1, 0.15) is 17.3 Å². The molecule has 0 atom stereocenters. The minimum atomic E-state index is -5.14. The van der Waals surface area contributed by atoms with Gasteiger partial charge in [0.15, 0.2) is 11.5 Å². The predicted molar refractivity (Wildman–Crippen MR) is 160 cm³/mol. The highest BCUT2D eigenvalue weighted by atomic mass is 32.2. The second-order valence-corrected chi connectivity index (χ2v) is 12.6. The van der Waals surface area contributed by atoms with Gasteiger partial charge in [-0.1, -0.05) is 11.1 Å². The molecule has 0 bridgehead atoms. The van der Waals surface area contributed by atoms with Crippen LogP contribution in [-0.2, 0) is 34.4 Å². The average molecular weight is 710 g/mol. The fourth-order valence-electron chi connectivity index (χ4n) is 3.93. The summed E-state index contributed by atoms with van der Waals surface area (Å²) in [6, 6.07) is 9.54. The molecule has 4 rings (SSSR count). The summed E-state index contributed by atoms with van der Waals surface area (Å²) in [4.78, 5) is 21.3. The molecule has 0 aromatic heterocycles. The fraction of sp³-hybridized carbons (Fsp3) is 0.0400. The molecular formula is C25H19N5O14S3. The van der Waals surface area contributed by atoms with E-state index in [0.29, 0.717) is 0 Å². The first kappa shape index (κ1) is 34.8. The number of nitrogens with one attached hydrogen (secondary N) is 1. The lowest BCUT2D eigenvalue weighted by molar-refractivity contribution is -0.432. The second kappa shape index (κ2) is 13.7. The number of azo groups is 2. The van der Waals surface area contributed by atoms with Crippen LogP contribution in [0, 0.1) is 0 Å². The minimum absolute atomic E-state index is 0.111. The molecule has 0 aliphatic rings. The monoisotopic (exact) mass is 709 g/mol. The van der Waals surface area contributed by atoms with E-state index in [4.69, 9.17) is 5.26 Å². The number of carbonyl (C=O) groups excluding carboxylic acids is 1. The van der Waals surface area contributed by atoms with E-state index >= 15 is 0 Å². The maximum atomic E-state index is 12.2. The topological polar surface area (TPSA) is 304 Å². The number of benzene rings is 4. The first-order chi connectivity index (χ1) is 22.0. The number of aromatic carboxylic acids is 1. The van der Waals surface area contributed by atoms with Crippen molar-refractivity contribution in [3.63, 3.8) is 0 Å². The van der Waals surface area contributed by atoms with Crippen LogP contribution in [0.5, 0.6) is 11.5 Å². The summed E-state index contributed by atoms with van der Waals surface area (Å²) in [6.45, 7) is 1.22. The van der Waals surface area contributed by atoms with Crippen molar-refractivity contribution in [3.8, 4) is 11.5 Å². The number of anilines is 1. The summed E-state index contributed by atoms with van der Waals surface area (Å²) in [5.41, 5.74) is -2.13. The van der Waals surface area contributed by atoms with E-state index in [1.165, 1.54) is 25.1 Å². The van der Waals surface area contributed by atoms with Crippen LogP contribution in [0.3, 0.4) is 0 Å². The summed E-state index contributed by atoms with van der Waals surface area (Å²) in [5, 5.41) is 60.4. The number of amides is 1. The van der Waals surface area contributed by atoms with Gasteiger partial charge in [0.05, 0.1) is 32.8 Å². The molecule has 47 heavy (non-hydrogen) atoms. The summed E-state index contributed by atoms with van der Waals surface area (Å²) in [7, 11) is -9.92. The van der Waals surface area contributed by atoms with Crippen LogP contribution in [-0.4, -0.2) is 58.4 Å². The Morgan fingerprint density at radius 1 is 0.809 bits per heavy atom. The highest BCUT2D eigenvalue weighted by molar-refractivity contribution is 7.94. The average Bonchev–Trinajstić information content (AvgIpc) is 2.98. The first-order valence-electron chi connectivity index (χ1n) is 12.2. The van der Waals surface area contributed by atoms with Crippen molar-refractivity contribution < 1.29 is 65.5 Å². The number of hydrogen-bond donors (Lipinski definition) is 7. The Morgan fingerprint density at radius 3 is 2.09 bits per heavy atom. The van der Waals surface area contributed by atoms with Crippen LogP contribution in [0.4, 0.5) is 28.4 Å². The zero-order valence-corrected chi connectivity index (χ0v) is 25.6. The van der Waals surface area contributed by atoms with E-state index in [1.807, 2.05) is 0 Å². The number of rotatable bonds is 11. The zero-order chi connectivity index (χ0) is 34.7. The van der Waals surface area contributed by atoms with Gasteiger partial charge in [0.2, 0.25) is 5.91 Å². The fourth-order valence-corrected chi connectivity index (χ4v) is 5.50. The van der Waals surface area contributed by atoms with Gasteiger partial charge < -0.3 is 20.6 Å². The van der Waals surface area contributed by atoms with E-state index < -0.39 is 70.2 Å². The van der Waals surface area contributed by atoms with Crippen molar-refractivity contribution in [2.75, 3.05) is 5.32 Å². The SMILES string of the molecule is CC(=O)Nc1ccc(/N=N/c2ccc3cc(S(=O)(=O)O)c(/N=N/c4cc(S(=O)(=O)O)ccc4SOOO)c(O)c3c2O)c(C(=O)O)c1. The van der Waals surface area contributed by atoms with Gasteiger partial charge in [-0.05, 0) is 53.9 Å². The molecule has 0 saturated carbocycles. The Labute approximate surface area is 267 Å². The van der Waals surface area contributed by atoms with Crippen molar-refractivity contribution >= 4 is 83.4 Å². The van der Waals surface area contributed by atoms with Gasteiger partial charge >= 0.3 is 5.97 Å². The summed E-state index contributed by atoms with van der Waals surface area (Å²) < 4.78 is 71.3. The highest BCUT2D eigenvalue weighted by Crippen LogP contribution is 2.48. The Bertz CT molecular complexity index is 2210. The molecule has 19 nitrogen and oxygen atoms in total. The zero-order valence-electron chi connectivity index (χ0n) is 23.2. The van der Waals surface area contributed by atoms with E-state index in [0.717, 1.165) is 36.4 Å². The van der Waals surface area contributed by atoms with E-state index in [2.05, 4.69) is 35.1 Å². The van der Waals surface area contributed by atoms with Crippen molar-refractivity contribution in [1.29, 1.82) is 0 Å². The van der Waals surface area contributed by atoms with Crippen LogP contribution in [0.15, 0.2) is 89.7 Å². The van der Waals surface area contributed by atoms with Crippen LogP contribution < -0.4 is 5.32 Å². The van der Waals surface area contributed by atoms with Gasteiger partial charge in [0.25, 0.3) is 20.2 Å². The number of nitrogens with zero attached hydrogens (tertiary/aromatic N) is 4. The lowest BCUT2D eigenvalue weighted by Gasteiger charge is -2.11. The molecule has 0 aliphatic carbocycles. The van der Waals surface area contributed by atoms with Crippen LogP contribution in [0.2, 0.25) is 0 Å². The normalized spacial score (nSPS) is 12.3. The third kappa shape index (κ3) is 8.02. The van der Waals surface area contributed by atoms with Gasteiger partial charge in [-0.25, -0.2) is 10.1 Å². The molecule has 0 radical (unpaired) electrons. The largest absolute Gasteiger partial charge is 0.505 e. The van der Waals surface area contributed by atoms with Crippen molar-refractivity contribution in [2.24, 2.45) is 20.5 Å². The van der Waals surface area contributed by atoms with Gasteiger partial charge in [0.1, 0.15) is 27.6 Å². The van der Waals surface area contributed by atoms with E-state index in [9.17, 15) is 50.8 Å². The molecule has 0 heterocycles. The third-order valence-electron chi connectivity index (χ3n) is 5.90. The maximum absolute atomic E-state index is 12.2. The number of carbonyl (C=O) groups is 2. The number of hydrogen-bond acceptors (Lipinski definition) is 16. The lowest BCUT2D eigenvalue weighted by atomic mass is 10.1. The van der Waals surface area contributed by atoms with Gasteiger partial charge in [-0.15, -0.1) is 24.8 Å². The van der Waals surface area contributed by atoms with E-state index in [1.54, 1.807) is 0 Å². The number of aromatic hydroxyl groups is 2. The van der Waals surface area contributed by atoms with Crippen molar-refractivity contribution in [2.45, 2.75) is 21.6 Å². The number of carboxylic acids is 1. The van der Waals surface area contributed by atoms with Crippen LogP contribution in [0.25, 0.3) is 10.8 Å². The molecule has 0 saturated heterocycles. The lowest BCUT2D eigenvalue weighted by Crippen LogP contribution is -2.07. The summed E-state index contributed by atoms with van der Waals surface area (Å²) in [5.74, 6) is -3.73. The predicted octanol–water partition coefficient (Wildman–Crippen LogP) is 5.66. The van der Waals surface area contributed by atoms with Crippen molar-refractivity contribution in [3.05, 3.63) is 60.2 Å². The minimum Gasteiger partial charge on any atom is -0.505 e. The standard InChI is InChI=1S/C25H19N5O14S3/c1-11(31)26-13-3-6-16(15(9-13)25(34)35)27-28-17-5-2-12-8-20(47(40,41)42)22(24(33)21(12)23(17)32)30-29-18-10-14(46(37,38)39)4-7-19(18)45-44-43-36/h2-10,32-33,36H,1H3,(H,26,31)(H,34,35)(H,37,38,39)(H,40,41,42)/b28-27+,30-29+. The number of fused-ring (bicyclic) bond motifs is 1. The van der Waals surface area contributed by atoms with Crippen molar-refractivity contribution in [1.82, 2.24) is 0 Å². The van der Waals surface area contributed by atoms with Gasteiger partial charge in [-0.2, -0.15) is 16.8 Å². The Balaban J connectivity index is 1.87. The molecule has 7 N–H and O–H groups in total. The second-order valence-electron chi connectivity index (χ2n) is 9.03. The Morgan fingerprint density at radius 2 is 1.47 bits per heavy atom. The van der Waals surface area contributed by atoms with Gasteiger partial charge in [-0.3, -0.25) is 13.9 Å². The maximum Gasteiger partial charge on any atom is 0.338 e. The van der Waals surface area contributed by atoms with E-state index in [-0.39, 0.29) is 45.0 Å². The van der Waals surface area contributed by atoms with Gasteiger partial charge in [0, 0.05) is 12.6 Å².